The van der Waals surface area contributed by atoms with Crippen molar-refractivity contribution >= 4 is 22.6 Å². The second-order valence-electron chi connectivity index (χ2n) is 6.86. The number of fused-ring (bicyclic) bond motifs is 1. The van der Waals surface area contributed by atoms with Crippen LogP contribution in [0.1, 0.15) is 16.9 Å². The summed E-state index contributed by atoms with van der Waals surface area (Å²) >= 11 is 0. The van der Waals surface area contributed by atoms with Gasteiger partial charge in [-0.05, 0) is 43.3 Å². The van der Waals surface area contributed by atoms with Crippen LogP contribution in [-0.2, 0) is 4.74 Å². The minimum atomic E-state index is -0.177. The average Bonchev–Trinajstić information content (AvgIpc) is 3.19. The summed E-state index contributed by atoms with van der Waals surface area (Å²) in [6.45, 7) is 5.01. The SMILES string of the molecule is Nc1ccc(Oc2ncnc3[nH]c(C(=O)NCCCN4CCOCC4)cc23)cc1. The number of carbonyl (C=O) groups is 1. The van der Waals surface area contributed by atoms with Gasteiger partial charge in [0.1, 0.15) is 23.4 Å². The number of nitrogens with one attached hydrogen (secondary N) is 2. The van der Waals surface area contributed by atoms with Crippen molar-refractivity contribution in [2.75, 3.05) is 45.1 Å². The van der Waals surface area contributed by atoms with Crippen molar-refractivity contribution < 1.29 is 14.3 Å². The molecule has 0 spiro atoms. The molecule has 3 heterocycles. The molecule has 152 valence electrons. The second-order valence-corrected chi connectivity index (χ2v) is 6.86. The fourth-order valence-electron chi connectivity index (χ4n) is 3.19. The molecule has 0 bridgehead atoms. The Balaban J connectivity index is 1.37. The van der Waals surface area contributed by atoms with Crippen LogP contribution in [0.2, 0.25) is 0 Å². The zero-order valence-electron chi connectivity index (χ0n) is 16.1. The lowest BCUT2D eigenvalue weighted by molar-refractivity contribution is 0.0374. The highest BCUT2D eigenvalue weighted by Gasteiger charge is 2.15. The van der Waals surface area contributed by atoms with Crippen LogP contribution in [0.3, 0.4) is 0 Å². The molecular weight excluding hydrogens is 372 g/mol. The lowest BCUT2D eigenvalue weighted by atomic mass is 10.3. The summed E-state index contributed by atoms with van der Waals surface area (Å²) in [5.74, 6) is 0.806. The first kappa shape index (κ1) is 19.2. The Morgan fingerprint density at radius 1 is 1.24 bits per heavy atom. The Kier molecular flexibility index (Phi) is 5.87. The van der Waals surface area contributed by atoms with E-state index in [0.29, 0.717) is 40.6 Å². The summed E-state index contributed by atoms with van der Waals surface area (Å²) in [6, 6.07) is 8.73. The second kappa shape index (κ2) is 8.89. The van der Waals surface area contributed by atoms with E-state index in [-0.39, 0.29) is 5.91 Å². The van der Waals surface area contributed by atoms with Crippen LogP contribution in [0, 0.1) is 0 Å². The summed E-state index contributed by atoms with van der Waals surface area (Å²) in [6.07, 6.45) is 2.28. The van der Waals surface area contributed by atoms with E-state index in [1.54, 1.807) is 30.3 Å². The molecule has 1 amide bonds. The molecule has 0 aliphatic carbocycles. The van der Waals surface area contributed by atoms with Gasteiger partial charge >= 0.3 is 0 Å². The molecule has 0 radical (unpaired) electrons. The lowest BCUT2D eigenvalue weighted by Crippen LogP contribution is -2.38. The number of rotatable bonds is 7. The van der Waals surface area contributed by atoms with Gasteiger partial charge in [-0.2, -0.15) is 0 Å². The molecular formula is C20H24N6O3. The van der Waals surface area contributed by atoms with Crippen molar-refractivity contribution in [3.05, 3.63) is 42.4 Å². The monoisotopic (exact) mass is 396 g/mol. The third-order valence-electron chi connectivity index (χ3n) is 4.77. The molecule has 1 aliphatic heterocycles. The number of H-pyrrole nitrogens is 1. The zero-order chi connectivity index (χ0) is 20.1. The number of benzene rings is 1. The van der Waals surface area contributed by atoms with Crippen molar-refractivity contribution in [2.45, 2.75) is 6.42 Å². The molecule has 1 saturated heterocycles. The quantitative estimate of drug-likeness (QED) is 0.411. The number of anilines is 1. The number of aromatic nitrogens is 3. The topological polar surface area (TPSA) is 118 Å². The van der Waals surface area contributed by atoms with Crippen molar-refractivity contribution in [3.8, 4) is 11.6 Å². The Labute approximate surface area is 168 Å². The number of nitrogens with zero attached hydrogens (tertiary/aromatic N) is 3. The number of nitrogens with two attached hydrogens (primary N) is 1. The number of morpholine rings is 1. The summed E-state index contributed by atoms with van der Waals surface area (Å²) in [5.41, 5.74) is 7.32. The molecule has 3 aromatic rings. The Bertz CT molecular complexity index is 966. The van der Waals surface area contributed by atoms with E-state index in [9.17, 15) is 4.79 Å². The summed E-state index contributed by atoms with van der Waals surface area (Å²) in [4.78, 5) is 26.3. The molecule has 0 saturated carbocycles. The predicted octanol–water partition coefficient (Wildman–Crippen LogP) is 1.78. The summed E-state index contributed by atoms with van der Waals surface area (Å²) in [7, 11) is 0. The maximum atomic E-state index is 12.5. The maximum Gasteiger partial charge on any atom is 0.267 e. The van der Waals surface area contributed by atoms with Gasteiger partial charge in [0.2, 0.25) is 5.88 Å². The van der Waals surface area contributed by atoms with Crippen LogP contribution in [0.25, 0.3) is 11.0 Å². The highest BCUT2D eigenvalue weighted by atomic mass is 16.5. The van der Waals surface area contributed by atoms with Gasteiger partial charge in [0.05, 0.1) is 18.6 Å². The van der Waals surface area contributed by atoms with Gasteiger partial charge in [0, 0.05) is 25.3 Å². The molecule has 9 nitrogen and oxygen atoms in total. The van der Waals surface area contributed by atoms with Crippen LogP contribution in [-0.4, -0.2) is 65.2 Å². The molecule has 4 rings (SSSR count). The molecule has 29 heavy (non-hydrogen) atoms. The smallest absolute Gasteiger partial charge is 0.267 e. The predicted molar refractivity (Wildman–Crippen MR) is 109 cm³/mol. The third-order valence-corrected chi connectivity index (χ3v) is 4.77. The molecule has 0 unspecified atom stereocenters. The molecule has 1 aromatic carbocycles. The number of nitrogen functional groups attached to an aromatic ring is 1. The number of aromatic amines is 1. The van der Waals surface area contributed by atoms with Crippen LogP contribution < -0.4 is 15.8 Å². The van der Waals surface area contributed by atoms with Gasteiger partial charge in [0.25, 0.3) is 5.91 Å². The number of amides is 1. The molecule has 1 aliphatic rings. The fraction of sp³-hybridized carbons (Fsp3) is 0.350. The van der Waals surface area contributed by atoms with E-state index < -0.39 is 0 Å². The number of carbonyl (C=O) groups excluding carboxylic acids is 1. The normalized spacial score (nSPS) is 14.8. The van der Waals surface area contributed by atoms with E-state index in [0.717, 1.165) is 39.3 Å². The number of hydrogen-bond acceptors (Lipinski definition) is 7. The van der Waals surface area contributed by atoms with Gasteiger partial charge in [0.15, 0.2) is 0 Å². The zero-order valence-corrected chi connectivity index (χ0v) is 16.1. The van der Waals surface area contributed by atoms with Gasteiger partial charge in [-0.25, -0.2) is 9.97 Å². The van der Waals surface area contributed by atoms with Gasteiger partial charge in [-0.1, -0.05) is 0 Å². The number of hydrogen-bond donors (Lipinski definition) is 3. The van der Waals surface area contributed by atoms with Crippen molar-refractivity contribution in [1.82, 2.24) is 25.2 Å². The molecule has 1 fully saturated rings. The van der Waals surface area contributed by atoms with Crippen LogP contribution in [0.4, 0.5) is 5.69 Å². The maximum absolute atomic E-state index is 12.5. The standard InChI is InChI=1S/C20H24N6O3/c21-14-2-4-15(5-3-14)29-20-16-12-17(25-18(16)23-13-24-20)19(27)22-6-1-7-26-8-10-28-11-9-26/h2-5,12-13H,1,6-11,21H2,(H,22,27)(H,23,24,25). The molecule has 9 heteroatoms. The average molecular weight is 396 g/mol. The van der Waals surface area contributed by atoms with Gasteiger partial charge in [-0.15, -0.1) is 0 Å². The molecule has 2 aromatic heterocycles. The number of ether oxygens (including phenoxy) is 2. The highest BCUT2D eigenvalue weighted by Crippen LogP contribution is 2.27. The lowest BCUT2D eigenvalue weighted by Gasteiger charge is -2.26. The summed E-state index contributed by atoms with van der Waals surface area (Å²) < 4.78 is 11.2. The van der Waals surface area contributed by atoms with E-state index in [1.807, 2.05) is 0 Å². The minimum Gasteiger partial charge on any atom is -0.438 e. The first-order chi connectivity index (χ1) is 14.2. The largest absolute Gasteiger partial charge is 0.438 e. The Morgan fingerprint density at radius 3 is 2.83 bits per heavy atom. The Morgan fingerprint density at radius 2 is 2.03 bits per heavy atom. The van der Waals surface area contributed by atoms with Gasteiger partial charge < -0.3 is 25.5 Å². The van der Waals surface area contributed by atoms with Gasteiger partial charge in [-0.3, -0.25) is 9.69 Å². The van der Waals surface area contributed by atoms with E-state index in [2.05, 4.69) is 25.2 Å². The van der Waals surface area contributed by atoms with Crippen LogP contribution in [0.5, 0.6) is 11.6 Å². The first-order valence-electron chi connectivity index (χ1n) is 9.64. The molecule has 0 atom stereocenters. The fourth-order valence-corrected chi connectivity index (χ4v) is 3.19. The Hall–Kier alpha value is -3.17. The summed E-state index contributed by atoms with van der Waals surface area (Å²) in [5, 5.41) is 3.59. The molecule has 4 N–H and O–H groups in total. The van der Waals surface area contributed by atoms with Crippen LogP contribution >= 0.6 is 0 Å². The minimum absolute atomic E-state index is 0.177. The highest BCUT2D eigenvalue weighted by molar-refractivity contribution is 5.98. The van der Waals surface area contributed by atoms with E-state index >= 15 is 0 Å². The van der Waals surface area contributed by atoms with Crippen LogP contribution in [0.15, 0.2) is 36.7 Å². The first-order valence-corrected chi connectivity index (χ1v) is 9.64. The van der Waals surface area contributed by atoms with E-state index in [1.165, 1.54) is 6.33 Å². The van der Waals surface area contributed by atoms with Crippen molar-refractivity contribution in [1.29, 1.82) is 0 Å². The van der Waals surface area contributed by atoms with Crippen molar-refractivity contribution in [2.24, 2.45) is 0 Å². The van der Waals surface area contributed by atoms with Crippen molar-refractivity contribution in [3.63, 3.8) is 0 Å². The van der Waals surface area contributed by atoms with E-state index in [4.69, 9.17) is 15.2 Å². The third kappa shape index (κ3) is 4.82.